The van der Waals surface area contributed by atoms with Gasteiger partial charge in [-0.05, 0) is 17.0 Å². The Morgan fingerprint density at radius 2 is 1.95 bits per heavy atom. The quantitative estimate of drug-likeness (QED) is 0.753. The van der Waals surface area contributed by atoms with Crippen LogP contribution in [0.4, 0.5) is 0 Å². The number of rotatable bonds is 6. The number of nitrogens with one attached hydrogen (secondary N) is 2. The van der Waals surface area contributed by atoms with Crippen LogP contribution in [0.15, 0.2) is 47.2 Å². The maximum Gasteiger partial charge on any atom is 0.252 e. The summed E-state index contributed by atoms with van der Waals surface area (Å²) in [5, 5.41) is 18.1. The number of aliphatic hydroxyl groups excluding tert-OH is 1. The van der Waals surface area contributed by atoms with Gasteiger partial charge in [0.2, 0.25) is 5.91 Å². The van der Waals surface area contributed by atoms with Crippen molar-refractivity contribution >= 4 is 23.2 Å². The molecule has 0 spiro atoms. The minimum absolute atomic E-state index is 0.127. The number of aliphatic hydroxyl groups is 1. The fraction of sp³-hybridized carbons (Fsp3) is 0.200. The SMILES string of the molecule is O=C(CNC(=O)c1ccsc1)N[C@H](CO)c1ccccc1. The lowest BCUT2D eigenvalue weighted by atomic mass is 10.1. The predicted octanol–water partition coefficient (Wildman–Crippen LogP) is 1.33. The normalized spacial score (nSPS) is 11.7. The van der Waals surface area contributed by atoms with Gasteiger partial charge in [0.15, 0.2) is 0 Å². The Morgan fingerprint density at radius 1 is 1.19 bits per heavy atom. The Hall–Kier alpha value is -2.18. The summed E-state index contributed by atoms with van der Waals surface area (Å²) in [6, 6.07) is 10.4. The van der Waals surface area contributed by atoms with Crippen LogP contribution in [0, 0.1) is 0 Å². The maximum absolute atomic E-state index is 11.8. The van der Waals surface area contributed by atoms with Crippen molar-refractivity contribution in [3.63, 3.8) is 0 Å². The number of carbonyl (C=O) groups excluding carboxylic acids is 2. The van der Waals surface area contributed by atoms with Crippen molar-refractivity contribution in [2.24, 2.45) is 0 Å². The molecular weight excluding hydrogens is 288 g/mol. The van der Waals surface area contributed by atoms with Crippen LogP contribution >= 0.6 is 11.3 Å². The van der Waals surface area contributed by atoms with E-state index in [9.17, 15) is 14.7 Å². The third kappa shape index (κ3) is 4.40. The van der Waals surface area contributed by atoms with E-state index in [4.69, 9.17) is 0 Å². The van der Waals surface area contributed by atoms with Crippen molar-refractivity contribution in [2.75, 3.05) is 13.2 Å². The van der Waals surface area contributed by atoms with Crippen molar-refractivity contribution in [3.8, 4) is 0 Å². The number of thiophene rings is 1. The van der Waals surface area contributed by atoms with Gasteiger partial charge in [-0.25, -0.2) is 0 Å². The Morgan fingerprint density at radius 3 is 2.57 bits per heavy atom. The van der Waals surface area contributed by atoms with Gasteiger partial charge in [0, 0.05) is 10.9 Å². The zero-order valence-electron chi connectivity index (χ0n) is 11.3. The molecule has 110 valence electrons. The van der Waals surface area contributed by atoms with Crippen molar-refractivity contribution < 1.29 is 14.7 Å². The van der Waals surface area contributed by atoms with E-state index in [0.29, 0.717) is 5.56 Å². The second-order valence-electron chi connectivity index (χ2n) is 4.41. The molecule has 1 heterocycles. The lowest BCUT2D eigenvalue weighted by molar-refractivity contribution is -0.121. The van der Waals surface area contributed by atoms with E-state index in [2.05, 4.69) is 10.6 Å². The summed E-state index contributed by atoms with van der Waals surface area (Å²) in [6.45, 7) is -0.327. The van der Waals surface area contributed by atoms with Crippen LogP contribution in [0.3, 0.4) is 0 Å². The molecule has 0 bridgehead atoms. The molecule has 0 saturated carbocycles. The average Bonchev–Trinajstić information content (AvgIpc) is 3.05. The molecule has 0 unspecified atom stereocenters. The molecule has 0 fully saturated rings. The van der Waals surface area contributed by atoms with E-state index >= 15 is 0 Å². The van der Waals surface area contributed by atoms with Crippen LogP contribution in [0.25, 0.3) is 0 Å². The van der Waals surface area contributed by atoms with E-state index in [0.717, 1.165) is 5.56 Å². The van der Waals surface area contributed by atoms with Crippen LogP contribution in [0.1, 0.15) is 22.0 Å². The fourth-order valence-electron chi connectivity index (χ4n) is 1.82. The summed E-state index contributed by atoms with van der Waals surface area (Å²) < 4.78 is 0. The lowest BCUT2D eigenvalue weighted by Crippen LogP contribution is -2.39. The van der Waals surface area contributed by atoms with Gasteiger partial charge in [-0.15, -0.1) is 0 Å². The number of carbonyl (C=O) groups is 2. The highest BCUT2D eigenvalue weighted by Crippen LogP contribution is 2.11. The maximum atomic E-state index is 11.8. The molecule has 1 aromatic heterocycles. The molecule has 0 aliphatic rings. The monoisotopic (exact) mass is 304 g/mol. The van der Waals surface area contributed by atoms with E-state index in [1.807, 2.05) is 30.3 Å². The summed E-state index contributed by atoms with van der Waals surface area (Å²) in [4.78, 5) is 23.5. The first-order chi connectivity index (χ1) is 10.2. The second-order valence-corrected chi connectivity index (χ2v) is 5.19. The summed E-state index contributed by atoms with van der Waals surface area (Å²) in [5.74, 6) is -0.631. The van der Waals surface area contributed by atoms with E-state index in [1.165, 1.54) is 11.3 Å². The highest BCUT2D eigenvalue weighted by Gasteiger charge is 2.14. The Balaban J connectivity index is 1.85. The van der Waals surface area contributed by atoms with Gasteiger partial charge in [0.1, 0.15) is 0 Å². The van der Waals surface area contributed by atoms with Crippen molar-refractivity contribution in [2.45, 2.75) is 6.04 Å². The van der Waals surface area contributed by atoms with E-state index < -0.39 is 6.04 Å². The van der Waals surface area contributed by atoms with Crippen LogP contribution in [-0.4, -0.2) is 30.1 Å². The highest BCUT2D eigenvalue weighted by atomic mass is 32.1. The molecule has 2 aromatic rings. The Labute approximate surface area is 126 Å². The zero-order valence-corrected chi connectivity index (χ0v) is 12.1. The fourth-order valence-corrected chi connectivity index (χ4v) is 2.46. The van der Waals surface area contributed by atoms with Gasteiger partial charge < -0.3 is 15.7 Å². The Kier molecular flexibility index (Phi) is 5.48. The molecule has 0 aliphatic heterocycles. The third-order valence-corrected chi connectivity index (χ3v) is 3.60. The van der Waals surface area contributed by atoms with Crippen LogP contribution in [-0.2, 0) is 4.79 Å². The molecule has 0 aliphatic carbocycles. The van der Waals surface area contributed by atoms with Crippen LogP contribution < -0.4 is 10.6 Å². The van der Waals surface area contributed by atoms with Gasteiger partial charge in [-0.3, -0.25) is 9.59 Å². The average molecular weight is 304 g/mol. The largest absolute Gasteiger partial charge is 0.394 e. The van der Waals surface area contributed by atoms with Gasteiger partial charge in [0.25, 0.3) is 5.91 Å². The predicted molar refractivity (Wildman–Crippen MR) is 81.1 cm³/mol. The van der Waals surface area contributed by atoms with Crippen molar-refractivity contribution in [1.29, 1.82) is 0 Å². The lowest BCUT2D eigenvalue weighted by Gasteiger charge is -2.16. The number of hydrogen-bond acceptors (Lipinski definition) is 4. The smallest absolute Gasteiger partial charge is 0.252 e. The molecule has 1 atom stereocenters. The summed E-state index contributed by atoms with van der Waals surface area (Å²) >= 11 is 1.42. The molecule has 0 saturated heterocycles. The molecule has 6 heteroatoms. The second kappa shape index (κ2) is 7.56. The van der Waals surface area contributed by atoms with Gasteiger partial charge in [0.05, 0.1) is 19.2 Å². The van der Waals surface area contributed by atoms with Crippen LogP contribution in [0.2, 0.25) is 0 Å². The third-order valence-electron chi connectivity index (χ3n) is 2.91. The van der Waals surface area contributed by atoms with Gasteiger partial charge in [-0.2, -0.15) is 11.3 Å². The van der Waals surface area contributed by atoms with Gasteiger partial charge >= 0.3 is 0 Å². The summed E-state index contributed by atoms with van der Waals surface area (Å²) in [5.41, 5.74) is 1.35. The van der Waals surface area contributed by atoms with E-state index in [-0.39, 0.29) is 25.0 Å². The first kappa shape index (κ1) is 15.2. The van der Waals surface area contributed by atoms with E-state index in [1.54, 1.807) is 16.8 Å². The minimum atomic E-state index is -0.475. The zero-order chi connectivity index (χ0) is 15.1. The Bertz CT molecular complexity index is 584. The van der Waals surface area contributed by atoms with Crippen molar-refractivity contribution in [1.82, 2.24) is 10.6 Å². The molecular formula is C15H16N2O3S. The number of amides is 2. The molecule has 3 N–H and O–H groups in total. The highest BCUT2D eigenvalue weighted by molar-refractivity contribution is 7.08. The number of benzene rings is 1. The summed E-state index contributed by atoms with van der Waals surface area (Å²) in [6.07, 6.45) is 0. The molecule has 5 nitrogen and oxygen atoms in total. The first-order valence-corrected chi connectivity index (χ1v) is 7.40. The van der Waals surface area contributed by atoms with Crippen molar-refractivity contribution in [3.05, 3.63) is 58.3 Å². The molecule has 0 radical (unpaired) electrons. The molecule has 2 amide bonds. The minimum Gasteiger partial charge on any atom is -0.394 e. The number of hydrogen-bond donors (Lipinski definition) is 3. The molecule has 21 heavy (non-hydrogen) atoms. The first-order valence-electron chi connectivity index (χ1n) is 6.46. The summed E-state index contributed by atoms with van der Waals surface area (Å²) in [7, 11) is 0. The van der Waals surface area contributed by atoms with Crippen LogP contribution in [0.5, 0.6) is 0 Å². The topological polar surface area (TPSA) is 78.4 Å². The molecule has 2 rings (SSSR count). The molecule has 1 aromatic carbocycles. The standard InChI is InChI=1S/C15H16N2O3S/c18-9-13(11-4-2-1-3-5-11)17-14(19)8-16-15(20)12-6-7-21-10-12/h1-7,10,13,18H,8-9H2,(H,16,20)(H,17,19)/t13-/m1/s1. The van der Waals surface area contributed by atoms with Gasteiger partial charge in [-0.1, -0.05) is 30.3 Å².